The van der Waals surface area contributed by atoms with E-state index in [0.29, 0.717) is 0 Å². The van der Waals surface area contributed by atoms with E-state index >= 15 is 0 Å². The van der Waals surface area contributed by atoms with Crippen LogP contribution in [-0.4, -0.2) is 6.54 Å². The normalized spacial score (nSPS) is 19.2. The van der Waals surface area contributed by atoms with Gasteiger partial charge in [0.2, 0.25) is 0 Å². The molecule has 0 atom stereocenters. The van der Waals surface area contributed by atoms with Crippen LogP contribution < -0.4 is 5.48 Å². The highest BCUT2D eigenvalue weighted by atomic mass is 16.6. The van der Waals surface area contributed by atoms with Crippen LogP contribution in [0.3, 0.4) is 0 Å². The van der Waals surface area contributed by atoms with Gasteiger partial charge in [0.1, 0.15) is 6.26 Å². The lowest BCUT2D eigenvalue weighted by Crippen LogP contribution is -1.90. The second kappa shape index (κ2) is 1.08. The van der Waals surface area contributed by atoms with Gasteiger partial charge in [0.05, 0.1) is 6.54 Å². The molecule has 1 radical (unpaired) electrons. The molecule has 0 aliphatic carbocycles. The number of rotatable bonds is 0. The van der Waals surface area contributed by atoms with Crippen molar-refractivity contribution in [2.24, 2.45) is 0 Å². The molecule has 1 aliphatic rings. The topological polar surface area (TPSA) is 23.3 Å². The summed E-state index contributed by atoms with van der Waals surface area (Å²) in [5, 5.41) is 0. The van der Waals surface area contributed by atoms with Crippen LogP contribution in [0.25, 0.3) is 0 Å². The summed E-state index contributed by atoms with van der Waals surface area (Å²) in [6.45, 7) is 0.722. The zero-order valence-electron chi connectivity index (χ0n) is 2.72. The molecule has 2 heteroatoms. The van der Waals surface area contributed by atoms with Crippen molar-refractivity contribution in [2.45, 2.75) is 0 Å². The Morgan fingerprint density at radius 3 is 3.00 bits per heavy atom. The van der Waals surface area contributed by atoms with Crippen molar-refractivity contribution >= 4 is 0 Å². The third kappa shape index (κ3) is 0.389. The fraction of sp³-hybridized carbons (Fsp3) is 0.333. The van der Waals surface area contributed by atoms with Gasteiger partial charge in [-0.1, -0.05) is 0 Å². The zero-order valence-corrected chi connectivity index (χ0v) is 2.72. The fourth-order valence-corrected chi connectivity index (χ4v) is 0.215. The van der Waals surface area contributed by atoms with E-state index in [1.165, 1.54) is 0 Å². The van der Waals surface area contributed by atoms with Gasteiger partial charge in [0, 0.05) is 0 Å². The van der Waals surface area contributed by atoms with Crippen LogP contribution in [0.2, 0.25) is 0 Å². The van der Waals surface area contributed by atoms with Crippen molar-refractivity contribution in [3.8, 4) is 0 Å². The van der Waals surface area contributed by atoms with Crippen LogP contribution >= 0.6 is 0 Å². The predicted octanol–water partition coefficient (Wildman–Crippen LogP) is 0.0497. The van der Waals surface area contributed by atoms with Crippen molar-refractivity contribution in [2.75, 3.05) is 6.54 Å². The first-order chi connectivity index (χ1) is 2.50. The molecule has 0 fully saturated rings. The monoisotopic (exact) mass is 70.0 g/mol. The van der Waals surface area contributed by atoms with Gasteiger partial charge in [-0.2, -0.15) is 0 Å². The van der Waals surface area contributed by atoms with Gasteiger partial charge in [-0.25, -0.2) is 0 Å². The van der Waals surface area contributed by atoms with Crippen molar-refractivity contribution in [1.29, 1.82) is 0 Å². The molecule has 0 aromatic heterocycles. The summed E-state index contributed by atoms with van der Waals surface area (Å²) in [6.07, 6.45) is 3.42. The second-order valence-corrected chi connectivity index (χ2v) is 0.789. The van der Waals surface area contributed by atoms with E-state index in [1.807, 2.05) is 6.08 Å². The largest absolute Gasteiger partial charge is 0.396 e. The molecule has 0 aromatic carbocycles. The lowest BCUT2D eigenvalue weighted by molar-refractivity contribution is 0.158. The van der Waals surface area contributed by atoms with E-state index in [4.69, 9.17) is 0 Å². The summed E-state index contributed by atoms with van der Waals surface area (Å²) in [7, 11) is 0. The van der Waals surface area contributed by atoms with Crippen molar-refractivity contribution in [1.82, 2.24) is 5.48 Å². The number of nitrogens with zero attached hydrogens (tertiary/aromatic N) is 1. The van der Waals surface area contributed by atoms with Gasteiger partial charge >= 0.3 is 0 Å². The highest BCUT2D eigenvalue weighted by Crippen LogP contribution is 1.81. The maximum atomic E-state index is 4.39. The predicted molar refractivity (Wildman–Crippen MR) is 17.2 cm³/mol. The SMILES string of the molecule is C1=CO[N]C1. The molecule has 0 bridgehead atoms. The first-order valence-electron chi connectivity index (χ1n) is 1.48. The molecule has 27 valence electrons. The number of hydrogen-bond donors (Lipinski definition) is 0. The highest BCUT2D eigenvalue weighted by molar-refractivity contribution is 4.78. The van der Waals surface area contributed by atoms with Crippen LogP contribution in [0.1, 0.15) is 0 Å². The van der Waals surface area contributed by atoms with E-state index < -0.39 is 0 Å². The molecule has 0 aromatic rings. The highest BCUT2D eigenvalue weighted by Gasteiger charge is 1.85. The minimum absolute atomic E-state index is 0.722. The van der Waals surface area contributed by atoms with Crippen LogP contribution in [0, 0.1) is 0 Å². The Labute approximate surface area is 30.4 Å². The minimum Gasteiger partial charge on any atom is -0.396 e. The minimum atomic E-state index is 0.722. The second-order valence-electron chi connectivity index (χ2n) is 0.789. The van der Waals surface area contributed by atoms with E-state index in [-0.39, 0.29) is 0 Å². The Bertz CT molecular complexity index is 44.9. The van der Waals surface area contributed by atoms with Crippen molar-refractivity contribution < 1.29 is 4.84 Å². The molecule has 0 saturated heterocycles. The lowest BCUT2D eigenvalue weighted by atomic mass is 10.7. The van der Waals surface area contributed by atoms with Crippen molar-refractivity contribution in [3.63, 3.8) is 0 Å². The van der Waals surface area contributed by atoms with Gasteiger partial charge < -0.3 is 4.84 Å². The van der Waals surface area contributed by atoms with Crippen LogP contribution in [0.15, 0.2) is 12.3 Å². The molecular formula is C3H4NO. The quantitative estimate of drug-likeness (QED) is 0.395. The molecule has 1 rings (SSSR count). The zero-order chi connectivity index (χ0) is 3.54. The van der Waals surface area contributed by atoms with Crippen LogP contribution in [0.4, 0.5) is 0 Å². The molecule has 1 heterocycles. The summed E-state index contributed by atoms with van der Waals surface area (Å²) in [5.41, 5.74) is 3.47. The number of hydrogen-bond acceptors (Lipinski definition) is 1. The third-order valence-electron chi connectivity index (χ3n) is 0.412. The molecular weight excluding hydrogens is 66.0 g/mol. The van der Waals surface area contributed by atoms with Crippen molar-refractivity contribution in [3.05, 3.63) is 12.3 Å². The summed E-state index contributed by atoms with van der Waals surface area (Å²) in [4.78, 5) is 4.39. The molecule has 5 heavy (non-hydrogen) atoms. The molecule has 1 aliphatic heterocycles. The maximum Gasteiger partial charge on any atom is 0.111 e. The Morgan fingerprint density at radius 2 is 2.80 bits per heavy atom. The average Bonchev–Trinajstić information content (AvgIpc) is 1.76. The standard InChI is InChI=1S/C3H4NO/c1-2-4-5-3-1/h1,3H,2H2. The van der Waals surface area contributed by atoms with E-state index in [1.54, 1.807) is 6.26 Å². The first-order valence-corrected chi connectivity index (χ1v) is 1.48. The van der Waals surface area contributed by atoms with Crippen LogP contribution in [-0.2, 0) is 4.84 Å². The first kappa shape index (κ1) is 2.72. The van der Waals surface area contributed by atoms with Gasteiger partial charge in [0.15, 0.2) is 0 Å². The van der Waals surface area contributed by atoms with Gasteiger partial charge in [-0.05, 0) is 11.6 Å². The van der Waals surface area contributed by atoms with Gasteiger partial charge in [-0.3, -0.25) is 0 Å². The number of hydroxylamine groups is 1. The van der Waals surface area contributed by atoms with E-state index in [2.05, 4.69) is 10.3 Å². The molecule has 0 N–H and O–H groups in total. The van der Waals surface area contributed by atoms with Gasteiger partial charge in [0.25, 0.3) is 0 Å². The van der Waals surface area contributed by atoms with Crippen LogP contribution in [0.5, 0.6) is 0 Å². The molecule has 0 amide bonds. The summed E-state index contributed by atoms with van der Waals surface area (Å²) in [5.74, 6) is 0. The van der Waals surface area contributed by atoms with Gasteiger partial charge in [-0.15, -0.1) is 0 Å². The summed E-state index contributed by atoms with van der Waals surface area (Å²) in [6, 6.07) is 0. The molecule has 0 unspecified atom stereocenters. The maximum absolute atomic E-state index is 4.39. The Balaban J connectivity index is 2.32. The fourth-order valence-electron chi connectivity index (χ4n) is 0.215. The Morgan fingerprint density at radius 1 is 1.80 bits per heavy atom. The summed E-state index contributed by atoms with van der Waals surface area (Å²) >= 11 is 0. The average molecular weight is 70.1 g/mol. The Hall–Kier alpha value is -0.500. The van der Waals surface area contributed by atoms with E-state index in [9.17, 15) is 0 Å². The Kier molecular flexibility index (Phi) is 0.588. The lowest BCUT2D eigenvalue weighted by Gasteiger charge is -1.77. The molecule has 2 nitrogen and oxygen atoms in total. The molecule has 0 saturated carbocycles. The molecule has 0 spiro atoms. The smallest absolute Gasteiger partial charge is 0.111 e. The summed E-state index contributed by atoms with van der Waals surface area (Å²) < 4.78 is 0. The third-order valence-corrected chi connectivity index (χ3v) is 0.412. The van der Waals surface area contributed by atoms with E-state index in [0.717, 1.165) is 6.54 Å².